The number of ether oxygens (including phenoxy) is 2. The molecule has 2 unspecified atom stereocenters. The summed E-state index contributed by atoms with van der Waals surface area (Å²) in [6.07, 6.45) is 66.0. The van der Waals surface area contributed by atoms with E-state index in [1.807, 2.05) is 33.3 Å². The molecule has 374 valence electrons. The fourth-order valence-electron chi connectivity index (χ4n) is 6.66. The van der Waals surface area contributed by atoms with Crippen LogP contribution in [0.4, 0.5) is 0 Å². The molecule has 2 atom stereocenters. The van der Waals surface area contributed by atoms with Crippen LogP contribution in [0.3, 0.4) is 0 Å². The van der Waals surface area contributed by atoms with E-state index in [-0.39, 0.29) is 26.2 Å². The number of carbonyl (C=O) groups is 1. The van der Waals surface area contributed by atoms with Crippen LogP contribution < -0.4 is 4.89 Å². The highest BCUT2D eigenvalue weighted by molar-refractivity contribution is 7.45. The molecule has 0 fully saturated rings. The maximum Gasteiger partial charge on any atom is 0.306 e. The van der Waals surface area contributed by atoms with E-state index in [2.05, 4.69) is 98.9 Å². The van der Waals surface area contributed by atoms with Crippen molar-refractivity contribution in [2.24, 2.45) is 0 Å². The van der Waals surface area contributed by atoms with Gasteiger partial charge < -0.3 is 27.9 Å². The highest BCUT2D eigenvalue weighted by Crippen LogP contribution is 2.38. The molecule has 9 heteroatoms. The van der Waals surface area contributed by atoms with Crippen molar-refractivity contribution in [3.05, 3.63) is 97.2 Å². The normalized spacial score (nSPS) is 14.4. The molecule has 0 aromatic carbocycles. The van der Waals surface area contributed by atoms with Gasteiger partial charge in [0.1, 0.15) is 19.3 Å². The predicted octanol–water partition coefficient (Wildman–Crippen LogP) is 15.5. The molecule has 0 aliphatic carbocycles. The third-order valence-corrected chi connectivity index (χ3v) is 11.6. The van der Waals surface area contributed by atoms with Crippen molar-refractivity contribution in [2.75, 3.05) is 54.1 Å². The second kappa shape index (κ2) is 47.9. The molecule has 0 rings (SSSR count). The Morgan fingerprint density at radius 1 is 0.492 bits per heavy atom. The number of quaternary nitrogens is 1. The summed E-state index contributed by atoms with van der Waals surface area (Å²) in [6, 6.07) is 0. The molecule has 65 heavy (non-hydrogen) atoms. The van der Waals surface area contributed by atoms with Crippen molar-refractivity contribution in [2.45, 2.75) is 200 Å². The van der Waals surface area contributed by atoms with Crippen LogP contribution in [0.25, 0.3) is 0 Å². The van der Waals surface area contributed by atoms with Crippen LogP contribution >= 0.6 is 7.82 Å². The van der Waals surface area contributed by atoms with Gasteiger partial charge in [0.25, 0.3) is 7.82 Å². The smallest absolute Gasteiger partial charge is 0.306 e. The molecular weight excluding hydrogens is 830 g/mol. The summed E-state index contributed by atoms with van der Waals surface area (Å²) in [4.78, 5) is 25.1. The van der Waals surface area contributed by atoms with Gasteiger partial charge in [0.2, 0.25) is 0 Å². The van der Waals surface area contributed by atoms with Gasteiger partial charge in [-0.3, -0.25) is 9.36 Å². The van der Waals surface area contributed by atoms with E-state index in [9.17, 15) is 14.3 Å². The molecular formula is C56H98NO7P. The van der Waals surface area contributed by atoms with Gasteiger partial charge in [-0.1, -0.05) is 201 Å². The average Bonchev–Trinajstić information content (AvgIpc) is 3.27. The Labute approximate surface area is 400 Å². The lowest BCUT2D eigenvalue weighted by atomic mass is 10.0. The van der Waals surface area contributed by atoms with Crippen LogP contribution in [0, 0.1) is 0 Å². The Hall–Kier alpha value is -2.58. The van der Waals surface area contributed by atoms with Gasteiger partial charge in [-0.25, -0.2) is 0 Å². The van der Waals surface area contributed by atoms with Crippen LogP contribution in [0.5, 0.6) is 0 Å². The van der Waals surface area contributed by atoms with Gasteiger partial charge in [-0.05, 0) is 83.5 Å². The Morgan fingerprint density at radius 3 is 1.34 bits per heavy atom. The number of phosphoric ester groups is 1. The van der Waals surface area contributed by atoms with Gasteiger partial charge in [0.05, 0.1) is 34.4 Å². The summed E-state index contributed by atoms with van der Waals surface area (Å²) in [7, 11) is 1.30. The van der Waals surface area contributed by atoms with E-state index in [1.54, 1.807) is 0 Å². The van der Waals surface area contributed by atoms with Crippen LogP contribution in [0.1, 0.15) is 194 Å². The third kappa shape index (κ3) is 52.3. The van der Waals surface area contributed by atoms with Gasteiger partial charge >= 0.3 is 5.97 Å². The number of hydrogen-bond donors (Lipinski definition) is 0. The molecule has 0 saturated carbocycles. The van der Waals surface area contributed by atoms with E-state index in [0.29, 0.717) is 24.1 Å². The lowest BCUT2D eigenvalue weighted by molar-refractivity contribution is -0.870. The minimum absolute atomic E-state index is 0.00743. The second-order valence-corrected chi connectivity index (χ2v) is 19.6. The van der Waals surface area contributed by atoms with Crippen molar-refractivity contribution >= 4 is 13.8 Å². The van der Waals surface area contributed by atoms with Gasteiger partial charge in [0, 0.05) is 13.0 Å². The summed E-state index contributed by atoms with van der Waals surface area (Å²) in [5.41, 5.74) is 0. The number of rotatable bonds is 47. The van der Waals surface area contributed by atoms with Gasteiger partial charge in [-0.15, -0.1) is 0 Å². The number of hydrogen-bond acceptors (Lipinski definition) is 7. The van der Waals surface area contributed by atoms with Crippen LogP contribution in [0.15, 0.2) is 97.2 Å². The molecule has 0 aromatic rings. The highest BCUT2D eigenvalue weighted by Gasteiger charge is 2.20. The van der Waals surface area contributed by atoms with Gasteiger partial charge in [-0.2, -0.15) is 0 Å². The zero-order valence-electron chi connectivity index (χ0n) is 42.4. The van der Waals surface area contributed by atoms with E-state index in [4.69, 9.17) is 18.5 Å². The molecule has 0 spiro atoms. The maximum atomic E-state index is 12.7. The lowest BCUT2D eigenvalue weighted by Crippen LogP contribution is -2.37. The van der Waals surface area contributed by atoms with Crippen molar-refractivity contribution in [1.29, 1.82) is 0 Å². The number of allylic oxidation sites excluding steroid dienone is 16. The molecule has 0 radical (unpaired) electrons. The zero-order chi connectivity index (χ0) is 47.6. The monoisotopic (exact) mass is 928 g/mol. The molecule has 0 aliphatic heterocycles. The number of likely N-dealkylation sites (N-methyl/N-ethyl adjacent to an activating group) is 1. The number of unbranched alkanes of at least 4 members (excludes halogenated alkanes) is 17. The van der Waals surface area contributed by atoms with E-state index < -0.39 is 19.9 Å². The van der Waals surface area contributed by atoms with Crippen molar-refractivity contribution < 1.29 is 37.3 Å². The van der Waals surface area contributed by atoms with E-state index in [1.165, 1.54) is 109 Å². The van der Waals surface area contributed by atoms with Crippen LogP contribution in [-0.4, -0.2) is 70.7 Å². The number of carbonyl (C=O) groups excluding carboxylic acids is 1. The van der Waals surface area contributed by atoms with Crippen molar-refractivity contribution in [3.63, 3.8) is 0 Å². The Kier molecular flexibility index (Phi) is 46.0. The highest BCUT2D eigenvalue weighted by atomic mass is 31.2. The Bertz CT molecular complexity index is 1360. The lowest BCUT2D eigenvalue weighted by Gasteiger charge is -2.28. The first kappa shape index (κ1) is 62.4. The zero-order valence-corrected chi connectivity index (χ0v) is 43.3. The summed E-state index contributed by atoms with van der Waals surface area (Å²) >= 11 is 0. The molecule has 0 N–H and O–H groups in total. The SMILES string of the molecule is CC/C=C\C/C=C\C/C=C\C/C=C\C/C=C\C/C=C\CCC(=O)OC(COCCCCCCCCCCCCCC/C=C\C/C=C\CCCCCCC)COP(=O)([O-])OCC[N+](C)(C)C. The standard InChI is InChI=1S/C56H98NO7P/c1-6-8-10-12-14-16-18-20-22-24-26-27-28-29-30-32-34-36-38-40-42-44-46-48-51-61-53-55(54-63-65(59,60)62-52-50-57(3,4)5)64-56(58)49-47-45-43-41-39-37-35-33-31-25-23-21-19-17-15-13-11-9-7-2/h9,11,15,17-18,20-21,23-24,26,31,33,37,39,43,45,55H,6-8,10,12-14,16,19,22,25,27-30,32,34-36,38,40-42,44,46-54H2,1-5H3/b11-9-,17-15-,20-18-,23-21-,26-24-,33-31-,39-37-,45-43-. The summed E-state index contributed by atoms with van der Waals surface area (Å²) < 4.78 is 34.6. The molecule has 0 amide bonds. The number of nitrogens with zero attached hydrogens (tertiary/aromatic N) is 1. The summed E-state index contributed by atoms with van der Waals surface area (Å²) in [6.45, 7) is 5.17. The van der Waals surface area contributed by atoms with Crippen molar-refractivity contribution in [3.8, 4) is 0 Å². The molecule has 0 aliphatic rings. The van der Waals surface area contributed by atoms with Gasteiger partial charge in [0.15, 0.2) is 0 Å². The summed E-state index contributed by atoms with van der Waals surface area (Å²) in [5.74, 6) is -0.418. The molecule has 0 heterocycles. The first-order valence-corrected chi connectivity index (χ1v) is 27.4. The molecule has 0 saturated heterocycles. The molecule has 0 bridgehead atoms. The number of esters is 1. The maximum absolute atomic E-state index is 12.7. The quantitative estimate of drug-likeness (QED) is 0.0197. The summed E-state index contributed by atoms with van der Waals surface area (Å²) in [5, 5.41) is 0. The minimum Gasteiger partial charge on any atom is -0.756 e. The largest absolute Gasteiger partial charge is 0.756 e. The first-order chi connectivity index (χ1) is 31.6. The topological polar surface area (TPSA) is 94.1 Å². The third-order valence-electron chi connectivity index (χ3n) is 10.6. The minimum atomic E-state index is -4.56. The molecule has 8 nitrogen and oxygen atoms in total. The fourth-order valence-corrected chi connectivity index (χ4v) is 7.39. The number of phosphoric acid groups is 1. The average molecular weight is 928 g/mol. The second-order valence-electron chi connectivity index (χ2n) is 18.1. The fraction of sp³-hybridized carbons (Fsp3) is 0.696. The van der Waals surface area contributed by atoms with Crippen LogP contribution in [0.2, 0.25) is 0 Å². The Balaban J connectivity index is 4.24. The van der Waals surface area contributed by atoms with Crippen molar-refractivity contribution in [1.82, 2.24) is 0 Å². The molecule has 0 aromatic heterocycles. The Morgan fingerprint density at radius 2 is 0.892 bits per heavy atom. The van der Waals surface area contributed by atoms with Crippen LogP contribution in [-0.2, 0) is 27.9 Å². The van der Waals surface area contributed by atoms with E-state index >= 15 is 0 Å². The first-order valence-electron chi connectivity index (χ1n) is 26.0. The van der Waals surface area contributed by atoms with E-state index in [0.717, 1.165) is 57.8 Å². The predicted molar refractivity (Wildman–Crippen MR) is 277 cm³/mol.